The summed E-state index contributed by atoms with van der Waals surface area (Å²) in [6.45, 7) is 16.5. The Balaban J connectivity index is 0.000000335. The maximum Gasteiger partial charge on any atom is 0.321 e. The molecule has 2 aromatic carbocycles. The molecule has 2 aromatic rings. The number of carbonyl (C=O) groups is 1. The molecule has 1 fully saturated rings. The lowest BCUT2D eigenvalue weighted by molar-refractivity contribution is 0.148. The number of phenols is 1. The van der Waals surface area contributed by atoms with Gasteiger partial charge >= 0.3 is 6.03 Å². The Labute approximate surface area is 182 Å². The van der Waals surface area contributed by atoms with Crippen LogP contribution in [0.5, 0.6) is 5.75 Å². The smallest absolute Gasteiger partial charge is 0.321 e. The van der Waals surface area contributed by atoms with E-state index in [0.717, 1.165) is 19.4 Å². The number of rotatable bonds is 5. The molecule has 0 aliphatic carbocycles. The fourth-order valence-corrected chi connectivity index (χ4v) is 4.01. The van der Waals surface area contributed by atoms with Gasteiger partial charge in [0, 0.05) is 13.1 Å². The maximum absolute atomic E-state index is 12.9. The van der Waals surface area contributed by atoms with E-state index in [1.54, 1.807) is 12.1 Å². The molecule has 0 spiro atoms. The minimum atomic E-state index is -0.0627. The minimum absolute atomic E-state index is 0.0627. The second-order valence-electron chi connectivity index (χ2n) is 8.70. The van der Waals surface area contributed by atoms with Crippen LogP contribution in [0.1, 0.15) is 62.8 Å². The van der Waals surface area contributed by atoms with Gasteiger partial charge in [0.2, 0.25) is 0 Å². The van der Waals surface area contributed by atoms with Crippen LogP contribution in [-0.4, -0.2) is 39.1 Å². The normalized spacial score (nSPS) is 20.9. The number of benzene rings is 2. The van der Waals surface area contributed by atoms with Gasteiger partial charge in [0.25, 0.3) is 0 Å². The number of nitrogens with zero attached hydrogens (tertiary/aromatic N) is 2. The number of urea groups is 1. The van der Waals surface area contributed by atoms with Gasteiger partial charge in [-0.1, -0.05) is 49.7 Å². The third-order valence-electron chi connectivity index (χ3n) is 6.58. The highest BCUT2D eigenvalue weighted by Crippen LogP contribution is 2.36. The van der Waals surface area contributed by atoms with Crippen molar-refractivity contribution in [1.29, 1.82) is 0 Å². The van der Waals surface area contributed by atoms with Crippen LogP contribution in [0.3, 0.4) is 0 Å². The molecule has 2 unspecified atom stereocenters. The SMILES string of the molecule is CCCN1C(=O)N(Cc2ccc(C)c(C)c2)C(C)C1(C)CC.Cc1ccc(O)cc1. The second kappa shape index (κ2) is 10.0. The number of aryl methyl sites for hydroxylation is 3. The lowest BCUT2D eigenvalue weighted by Gasteiger charge is -2.36. The molecule has 0 bridgehead atoms. The molecule has 1 heterocycles. The zero-order valence-corrected chi connectivity index (χ0v) is 19.7. The van der Waals surface area contributed by atoms with Gasteiger partial charge < -0.3 is 14.9 Å². The van der Waals surface area contributed by atoms with Crippen molar-refractivity contribution in [2.75, 3.05) is 6.54 Å². The largest absolute Gasteiger partial charge is 0.508 e. The van der Waals surface area contributed by atoms with E-state index in [9.17, 15) is 4.79 Å². The summed E-state index contributed by atoms with van der Waals surface area (Å²) in [5, 5.41) is 8.76. The number of carbonyl (C=O) groups excluding carboxylic acids is 1. The summed E-state index contributed by atoms with van der Waals surface area (Å²) in [7, 11) is 0. The van der Waals surface area contributed by atoms with Crippen LogP contribution < -0.4 is 0 Å². The molecule has 1 aliphatic rings. The average Bonchev–Trinajstić information content (AvgIpc) is 2.90. The first kappa shape index (κ1) is 23.8. The van der Waals surface area contributed by atoms with Gasteiger partial charge in [0.05, 0.1) is 11.6 Å². The number of amides is 2. The van der Waals surface area contributed by atoms with Gasteiger partial charge in [-0.15, -0.1) is 0 Å². The van der Waals surface area contributed by atoms with Gasteiger partial charge in [0.15, 0.2) is 0 Å². The van der Waals surface area contributed by atoms with Gasteiger partial charge in [-0.2, -0.15) is 0 Å². The topological polar surface area (TPSA) is 43.8 Å². The second-order valence-corrected chi connectivity index (χ2v) is 8.70. The summed E-state index contributed by atoms with van der Waals surface area (Å²) in [6, 6.07) is 14.0. The van der Waals surface area contributed by atoms with Crippen LogP contribution in [0.2, 0.25) is 0 Å². The summed E-state index contributed by atoms with van der Waals surface area (Å²) >= 11 is 0. The van der Waals surface area contributed by atoms with Crippen LogP contribution in [0.4, 0.5) is 4.79 Å². The molecule has 0 aromatic heterocycles. The van der Waals surface area contributed by atoms with Crippen molar-refractivity contribution in [3.8, 4) is 5.75 Å². The summed E-state index contributed by atoms with van der Waals surface area (Å²) < 4.78 is 0. The predicted molar refractivity (Wildman–Crippen MR) is 125 cm³/mol. The highest BCUT2D eigenvalue weighted by molar-refractivity contribution is 5.79. The molecular weight excluding hydrogens is 372 g/mol. The fraction of sp³-hybridized carbons (Fsp3) is 0.500. The summed E-state index contributed by atoms with van der Waals surface area (Å²) in [6.07, 6.45) is 1.99. The van der Waals surface area contributed by atoms with Crippen molar-refractivity contribution in [3.05, 3.63) is 64.7 Å². The predicted octanol–water partition coefficient (Wildman–Crippen LogP) is 6.21. The Bertz CT molecular complexity index is 826. The zero-order valence-electron chi connectivity index (χ0n) is 19.7. The van der Waals surface area contributed by atoms with E-state index >= 15 is 0 Å². The van der Waals surface area contributed by atoms with E-state index in [1.807, 2.05) is 24.0 Å². The van der Waals surface area contributed by atoms with Gasteiger partial charge in [-0.05, 0) is 76.3 Å². The molecule has 3 rings (SSSR count). The molecule has 1 N–H and O–H groups in total. The average molecular weight is 411 g/mol. The van der Waals surface area contributed by atoms with E-state index < -0.39 is 0 Å². The van der Waals surface area contributed by atoms with E-state index in [1.165, 1.54) is 22.3 Å². The molecule has 2 atom stereocenters. The van der Waals surface area contributed by atoms with Gasteiger partial charge in [0.1, 0.15) is 5.75 Å². The van der Waals surface area contributed by atoms with Crippen LogP contribution in [0.15, 0.2) is 42.5 Å². The summed E-state index contributed by atoms with van der Waals surface area (Å²) in [5.41, 5.74) is 4.92. The first-order valence-electron chi connectivity index (χ1n) is 11.0. The molecule has 4 nitrogen and oxygen atoms in total. The van der Waals surface area contributed by atoms with E-state index in [2.05, 4.69) is 64.6 Å². The fourth-order valence-electron chi connectivity index (χ4n) is 4.01. The highest BCUT2D eigenvalue weighted by Gasteiger charge is 2.50. The zero-order chi connectivity index (χ0) is 22.5. The minimum Gasteiger partial charge on any atom is -0.508 e. The van der Waals surface area contributed by atoms with Crippen LogP contribution in [0, 0.1) is 20.8 Å². The summed E-state index contributed by atoms with van der Waals surface area (Å²) in [5.74, 6) is 0.329. The Hall–Kier alpha value is -2.49. The molecule has 164 valence electrons. The van der Waals surface area contributed by atoms with Crippen molar-refractivity contribution in [2.24, 2.45) is 0 Å². The Morgan fingerprint density at radius 3 is 2.13 bits per heavy atom. The molecule has 0 radical (unpaired) electrons. The lowest BCUT2D eigenvalue weighted by atomic mass is 9.90. The monoisotopic (exact) mass is 410 g/mol. The standard InChI is InChI=1S/C19H30N2O.C7H8O/c1-7-11-21-18(22)20(16(5)19(21,6)8-2)13-17-10-9-14(3)15(4)12-17;1-6-2-4-7(8)5-3-6/h9-10,12,16H,7-8,11,13H2,1-6H3;2-5,8H,1H3. The van der Waals surface area contributed by atoms with Crippen molar-refractivity contribution in [1.82, 2.24) is 9.80 Å². The third kappa shape index (κ3) is 5.16. The van der Waals surface area contributed by atoms with Crippen molar-refractivity contribution < 1.29 is 9.90 Å². The molecule has 30 heavy (non-hydrogen) atoms. The third-order valence-corrected chi connectivity index (χ3v) is 6.58. The van der Waals surface area contributed by atoms with E-state index in [4.69, 9.17) is 5.11 Å². The Kier molecular flexibility index (Phi) is 7.94. The van der Waals surface area contributed by atoms with E-state index in [0.29, 0.717) is 12.3 Å². The van der Waals surface area contributed by atoms with Crippen molar-refractivity contribution in [2.45, 2.75) is 79.4 Å². The number of hydrogen-bond acceptors (Lipinski definition) is 2. The Morgan fingerprint density at radius 1 is 1.00 bits per heavy atom. The van der Waals surface area contributed by atoms with Gasteiger partial charge in [-0.25, -0.2) is 4.79 Å². The van der Waals surface area contributed by atoms with Crippen LogP contribution in [-0.2, 0) is 6.54 Å². The number of phenolic OH excluding ortho intramolecular Hbond substituents is 1. The molecule has 2 amide bonds. The lowest BCUT2D eigenvalue weighted by Crippen LogP contribution is -2.48. The van der Waals surface area contributed by atoms with Crippen molar-refractivity contribution >= 4 is 6.03 Å². The van der Waals surface area contributed by atoms with Crippen LogP contribution in [0.25, 0.3) is 0 Å². The highest BCUT2D eigenvalue weighted by atomic mass is 16.3. The van der Waals surface area contributed by atoms with Crippen molar-refractivity contribution in [3.63, 3.8) is 0 Å². The quantitative estimate of drug-likeness (QED) is 0.637. The number of aromatic hydroxyl groups is 1. The maximum atomic E-state index is 12.9. The molecular formula is C26H38N2O2. The van der Waals surface area contributed by atoms with E-state index in [-0.39, 0.29) is 17.6 Å². The molecule has 1 saturated heterocycles. The Morgan fingerprint density at radius 2 is 1.63 bits per heavy atom. The molecule has 0 saturated carbocycles. The number of hydrogen-bond donors (Lipinski definition) is 1. The first-order valence-corrected chi connectivity index (χ1v) is 11.0. The van der Waals surface area contributed by atoms with Gasteiger partial charge in [-0.3, -0.25) is 0 Å². The molecule has 4 heteroatoms. The summed E-state index contributed by atoms with van der Waals surface area (Å²) in [4.78, 5) is 17.0. The first-order chi connectivity index (χ1) is 14.1. The van der Waals surface area contributed by atoms with Crippen LogP contribution >= 0.6 is 0 Å². The molecule has 1 aliphatic heterocycles.